The zero-order chi connectivity index (χ0) is 18.4. The molecule has 1 fully saturated rings. The van der Waals surface area contributed by atoms with E-state index in [1.54, 1.807) is 0 Å². The first-order chi connectivity index (χ1) is 11.8. The normalized spacial score (nSPS) is 28.6. The maximum Gasteiger partial charge on any atom is 0.321 e. The van der Waals surface area contributed by atoms with Crippen LogP contribution < -0.4 is 0 Å². The smallest absolute Gasteiger partial charge is 0.321 e. The van der Waals surface area contributed by atoms with Gasteiger partial charge in [0.2, 0.25) is 0 Å². The quantitative estimate of drug-likeness (QED) is 0.470. The molecule has 6 heteroatoms. The van der Waals surface area contributed by atoms with Gasteiger partial charge in [0.1, 0.15) is 6.29 Å². The largest absolute Gasteiger partial charge is 0.469 e. The Bertz CT molecular complexity index is 767. The summed E-state index contributed by atoms with van der Waals surface area (Å²) in [4.78, 5) is 47.9. The van der Waals surface area contributed by atoms with E-state index in [-0.39, 0.29) is 12.8 Å². The van der Waals surface area contributed by atoms with Crippen molar-refractivity contribution >= 4 is 24.2 Å². The van der Waals surface area contributed by atoms with E-state index in [0.29, 0.717) is 11.8 Å². The highest BCUT2D eigenvalue weighted by atomic mass is 16.6. The molecule has 2 aliphatic rings. The monoisotopic (exact) mass is 344 g/mol. The minimum atomic E-state index is -0.804. The van der Waals surface area contributed by atoms with Crippen molar-refractivity contribution in [2.45, 2.75) is 38.0 Å². The first-order valence-electron chi connectivity index (χ1n) is 8.21. The summed E-state index contributed by atoms with van der Waals surface area (Å²) in [6.45, 7) is 3.74. The first-order valence-corrected chi connectivity index (χ1v) is 8.21. The Morgan fingerprint density at radius 1 is 1.40 bits per heavy atom. The molecule has 1 saturated heterocycles. The molecule has 25 heavy (non-hydrogen) atoms. The molecule has 0 radical (unpaired) electrons. The van der Waals surface area contributed by atoms with Gasteiger partial charge in [0.15, 0.2) is 0 Å². The van der Waals surface area contributed by atoms with Crippen LogP contribution >= 0.6 is 0 Å². The van der Waals surface area contributed by atoms with Crippen LogP contribution in [-0.4, -0.2) is 31.3 Å². The molecular weight excluding hydrogens is 324 g/mol. The number of aryl methyl sites for hydroxylation is 1. The number of fused-ring (bicyclic) bond motifs is 3. The average Bonchev–Trinajstić information content (AvgIpc) is 2.85. The van der Waals surface area contributed by atoms with Gasteiger partial charge in [-0.3, -0.25) is 14.4 Å². The number of carbonyl (C=O) groups excluding carboxylic acids is 4. The maximum atomic E-state index is 12.4. The summed E-state index contributed by atoms with van der Waals surface area (Å²) in [7, 11) is 1.28. The topological polar surface area (TPSA) is 86.7 Å². The van der Waals surface area contributed by atoms with Gasteiger partial charge in [0, 0.05) is 11.8 Å². The fourth-order valence-electron chi connectivity index (χ4n) is 4.29. The second-order valence-corrected chi connectivity index (χ2v) is 7.01. The summed E-state index contributed by atoms with van der Waals surface area (Å²) in [5, 5.41) is 0. The van der Waals surface area contributed by atoms with Crippen molar-refractivity contribution in [2.75, 3.05) is 7.11 Å². The molecular formula is C19H20O6. The van der Waals surface area contributed by atoms with Crippen LogP contribution in [0.15, 0.2) is 18.2 Å². The number of cyclic esters (lactones) is 2. The lowest BCUT2D eigenvalue weighted by molar-refractivity contribution is -0.154. The lowest BCUT2D eigenvalue weighted by Gasteiger charge is -2.43. The number of benzene rings is 1. The van der Waals surface area contributed by atoms with Crippen molar-refractivity contribution in [3.8, 4) is 0 Å². The van der Waals surface area contributed by atoms with Crippen LogP contribution in [-0.2, 0) is 34.1 Å². The number of methoxy groups -OCH3 is 1. The Labute approximate surface area is 145 Å². The van der Waals surface area contributed by atoms with Gasteiger partial charge in [-0.05, 0) is 24.5 Å². The second kappa shape index (κ2) is 6.10. The predicted octanol–water partition coefficient (Wildman–Crippen LogP) is 1.82. The third kappa shape index (κ3) is 2.56. The van der Waals surface area contributed by atoms with Crippen LogP contribution in [0.25, 0.3) is 0 Å². The van der Waals surface area contributed by atoms with E-state index in [1.807, 2.05) is 32.0 Å². The van der Waals surface area contributed by atoms with Crippen LogP contribution in [0.5, 0.6) is 0 Å². The summed E-state index contributed by atoms with van der Waals surface area (Å²) in [6, 6.07) is 5.63. The number of hydrogen-bond acceptors (Lipinski definition) is 6. The molecule has 1 aromatic rings. The lowest BCUT2D eigenvalue weighted by Crippen LogP contribution is -2.45. The minimum absolute atomic E-state index is 0.0170. The van der Waals surface area contributed by atoms with Crippen molar-refractivity contribution < 1.29 is 28.7 Å². The van der Waals surface area contributed by atoms with Crippen molar-refractivity contribution in [2.24, 2.45) is 11.8 Å². The predicted molar refractivity (Wildman–Crippen MR) is 86.7 cm³/mol. The zero-order valence-corrected chi connectivity index (χ0v) is 14.4. The van der Waals surface area contributed by atoms with Gasteiger partial charge in [0.05, 0.1) is 24.9 Å². The van der Waals surface area contributed by atoms with Crippen molar-refractivity contribution in [3.63, 3.8) is 0 Å². The van der Waals surface area contributed by atoms with E-state index < -0.39 is 41.1 Å². The summed E-state index contributed by atoms with van der Waals surface area (Å²) in [5.74, 6) is -3.65. The van der Waals surface area contributed by atoms with E-state index in [1.165, 1.54) is 7.11 Å². The third-order valence-corrected chi connectivity index (χ3v) is 5.55. The Morgan fingerprint density at radius 3 is 2.76 bits per heavy atom. The fourth-order valence-corrected chi connectivity index (χ4v) is 4.29. The molecule has 132 valence electrons. The molecule has 1 aliphatic heterocycles. The van der Waals surface area contributed by atoms with Crippen molar-refractivity contribution in [1.82, 2.24) is 0 Å². The van der Waals surface area contributed by atoms with Crippen LogP contribution in [0.2, 0.25) is 0 Å². The lowest BCUT2D eigenvalue weighted by atomic mass is 9.58. The Morgan fingerprint density at radius 2 is 2.12 bits per heavy atom. The van der Waals surface area contributed by atoms with E-state index in [9.17, 15) is 19.2 Å². The standard InChI is InChI=1S/C19H20O6/c1-10-4-5-13-11(8-10)15-12(16(21)25-18(15)23)9-19(13,2)14(6-7-20)17(22)24-3/h4-5,7-8,12,14-15H,6,9H2,1-3H3. The van der Waals surface area contributed by atoms with Gasteiger partial charge in [-0.2, -0.15) is 0 Å². The van der Waals surface area contributed by atoms with E-state index in [2.05, 4.69) is 0 Å². The van der Waals surface area contributed by atoms with Gasteiger partial charge in [0.25, 0.3) is 0 Å². The summed E-state index contributed by atoms with van der Waals surface area (Å²) >= 11 is 0. The highest BCUT2D eigenvalue weighted by Gasteiger charge is 2.56. The summed E-state index contributed by atoms with van der Waals surface area (Å²) < 4.78 is 9.76. The van der Waals surface area contributed by atoms with E-state index >= 15 is 0 Å². The Balaban J connectivity index is 2.21. The van der Waals surface area contributed by atoms with Crippen LogP contribution in [0, 0.1) is 18.8 Å². The molecule has 0 amide bonds. The van der Waals surface area contributed by atoms with E-state index in [4.69, 9.17) is 9.47 Å². The molecule has 1 heterocycles. The summed E-state index contributed by atoms with van der Waals surface area (Å²) in [6.07, 6.45) is 0.924. The molecule has 0 bridgehead atoms. The van der Waals surface area contributed by atoms with Gasteiger partial charge >= 0.3 is 17.9 Å². The van der Waals surface area contributed by atoms with Gasteiger partial charge in [-0.25, -0.2) is 0 Å². The van der Waals surface area contributed by atoms with E-state index in [0.717, 1.165) is 11.1 Å². The number of esters is 3. The molecule has 4 unspecified atom stereocenters. The average molecular weight is 344 g/mol. The molecule has 0 saturated carbocycles. The van der Waals surface area contributed by atoms with Crippen molar-refractivity contribution in [1.29, 1.82) is 0 Å². The van der Waals surface area contributed by atoms with Crippen LogP contribution in [0.1, 0.15) is 42.4 Å². The first kappa shape index (κ1) is 17.3. The van der Waals surface area contributed by atoms with Gasteiger partial charge < -0.3 is 14.3 Å². The van der Waals surface area contributed by atoms with Crippen LogP contribution in [0.4, 0.5) is 0 Å². The Hall–Kier alpha value is -2.50. The second-order valence-electron chi connectivity index (χ2n) is 7.01. The minimum Gasteiger partial charge on any atom is -0.469 e. The molecule has 3 rings (SSSR count). The molecule has 0 aromatic heterocycles. The van der Waals surface area contributed by atoms with Gasteiger partial charge in [-0.1, -0.05) is 30.7 Å². The number of aldehydes is 1. The molecule has 1 aliphatic carbocycles. The zero-order valence-electron chi connectivity index (χ0n) is 14.4. The number of carbonyl (C=O) groups is 4. The molecule has 1 aromatic carbocycles. The van der Waals surface area contributed by atoms with Crippen LogP contribution in [0.3, 0.4) is 0 Å². The molecule has 6 nitrogen and oxygen atoms in total. The molecule has 0 N–H and O–H groups in total. The molecule has 4 atom stereocenters. The van der Waals surface area contributed by atoms with Crippen molar-refractivity contribution in [3.05, 3.63) is 34.9 Å². The highest BCUT2D eigenvalue weighted by molar-refractivity contribution is 6.00. The third-order valence-electron chi connectivity index (χ3n) is 5.55. The summed E-state index contributed by atoms with van der Waals surface area (Å²) in [5.41, 5.74) is 1.64. The van der Waals surface area contributed by atoms with Gasteiger partial charge in [-0.15, -0.1) is 0 Å². The fraction of sp³-hybridized carbons (Fsp3) is 0.474. The SMILES string of the molecule is COC(=O)C(CC=O)C1(C)CC2C(=O)OC(=O)C2c2cc(C)ccc21. The number of hydrogen-bond donors (Lipinski definition) is 0. The Kier molecular flexibility index (Phi) is 4.22. The number of ether oxygens (including phenoxy) is 2. The maximum absolute atomic E-state index is 12.4. The number of rotatable bonds is 4. The molecule has 0 spiro atoms. The highest BCUT2D eigenvalue weighted by Crippen LogP contribution is 2.53.